The number of rotatable bonds is 9. The van der Waals surface area contributed by atoms with Crippen molar-refractivity contribution in [3.05, 3.63) is 86.2 Å². The molecule has 1 amide bonds. The standard InChI is InChI=1S/C33H33ClFN5O5S/c1-33(24-7-6-21(34)16-25(24)35)44-28-4-2-3-23(30(28)45-33)19-9-12-40(13-10-19)18-29(41)37-27-15-20(31-38-39-32(42)46-31)5-8-26(27)36-17-22-11-14-43-22/h2-8,15-16,19,22,36H,9-14,17-18H2,1H3,(H,37,41)(H,39,42). The van der Waals surface area contributed by atoms with Crippen molar-refractivity contribution in [3.8, 4) is 22.1 Å². The number of hydrogen-bond acceptors (Lipinski definition) is 9. The quantitative estimate of drug-likeness (QED) is 0.201. The number of piperidine rings is 1. The number of amides is 1. The summed E-state index contributed by atoms with van der Waals surface area (Å²) in [4.78, 5) is 26.9. The second kappa shape index (κ2) is 12.7. The van der Waals surface area contributed by atoms with Crippen molar-refractivity contribution in [2.75, 3.05) is 43.4 Å². The Kier molecular flexibility index (Phi) is 8.45. The molecule has 2 fully saturated rings. The minimum Gasteiger partial charge on any atom is -0.444 e. The van der Waals surface area contributed by atoms with Crippen LogP contribution in [0.1, 0.15) is 43.2 Å². The van der Waals surface area contributed by atoms with Crippen LogP contribution in [0.15, 0.2) is 59.4 Å². The highest BCUT2D eigenvalue weighted by atomic mass is 35.5. The van der Waals surface area contributed by atoms with Gasteiger partial charge in [0, 0.05) is 36.2 Å². The first kappa shape index (κ1) is 30.7. The lowest BCUT2D eigenvalue weighted by atomic mass is 9.88. The first-order valence-electron chi connectivity index (χ1n) is 15.3. The van der Waals surface area contributed by atoms with Crippen LogP contribution in [0, 0.1) is 5.82 Å². The van der Waals surface area contributed by atoms with E-state index in [0.717, 1.165) is 67.1 Å². The number of fused-ring (bicyclic) bond motifs is 1. The lowest BCUT2D eigenvalue weighted by Crippen LogP contribution is -2.39. The van der Waals surface area contributed by atoms with Gasteiger partial charge in [0.15, 0.2) is 11.5 Å². The number of aromatic amines is 1. The summed E-state index contributed by atoms with van der Waals surface area (Å²) >= 11 is 6.98. The summed E-state index contributed by atoms with van der Waals surface area (Å²) in [6.45, 7) is 4.78. The molecule has 0 spiro atoms. The number of hydrogen-bond donors (Lipinski definition) is 3. The van der Waals surface area contributed by atoms with Gasteiger partial charge in [-0.25, -0.2) is 9.49 Å². The Morgan fingerprint density at radius 2 is 1.96 bits per heavy atom. The fraction of sp³-hybridized carbons (Fsp3) is 0.364. The van der Waals surface area contributed by atoms with E-state index in [1.165, 1.54) is 6.07 Å². The van der Waals surface area contributed by atoms with Gasteiger partial charge in [0.1, 0.15) is 10.8 Å². The van der Waals surface area contributed by atoms with E-state index in [2.05, 4.69) is 25.7 Å². The van der Waals surface area contributed by atoms with Crippen molar-refractivity contribution in [2.24, 2.45) is 0 Å². The molecule has 10 nitrogen and oxygen atoms in total. The van der Waals surface area contributed by atoms with E-state index in [1.807, 2.05) is 36.4 Å². The predicted molar refractivity (Wildman–Crippen MR) is 175 cm³/mol. The zero-order valence-electron chi connectivity index (χ0n) is 25.1. The second-order valence-corrected chi connectivity index (χ2v) is 13.3. The zero-order valence-corrected chi connectivity index (χ0v) is 26.7. The van der Waals surface area contributed by atoms with Crippen LogP contribution in [0.3, 0.4) is 0 Å². The van der Waals surface area contributed by atoms with E-state index >= 15 is 0 Å². The summed E-state index contributed by atoms with van der Waals surface area (Å²) in [6.07, 6.45) is 2.79. The van der Waals surface area contributed by atoms with Gasteiger partial charge in [-0.05, 0) is 80.7 Å². The van der Waals surface area contributed by atoms with Gasteiger partial charge in [0.2, 0.25) is 5.91 Å². The van der Waals surface area contributed by atoms with Crippen molar-refractivity contribution < 1.29 is 23.4 Å². The smallest absolute Gasteiger partial charge is 0.322 e. The van der Waals surface area contributed by atoms with Crippen LogP contribution < -0.4 is 25.0 Å². The Bertz CT molecular complexity index is 1820. The van der Waals surface area contributed by atoms with Crippen LogP contribution in [0.2, 0.25) is 5.02 Å². The largest absolute Gasteiger partial charge is 0.444 e. The maximum atomic E-state index is 14.8. The molecule has 0 bridgehead atoms. The molecule has 4 aromatic rings. The molecular formula is C33H33ClFN5O5S. The van der Waals surface area contributed by atoms with Crippen molar-refractivity contribution in [1.29, 1.82) is 0 Å². The third-order valence-electron chi connectivity index (χ3n) is 8.72. The monoisotopic (exact) mass is 665 g/mol. The molecule has 4 heterocycles. The van der Waals surface area contributed by atoms with Gasteiger partial charge in [-0.3, -0.25) is 14.5 Å². The van der Waals surface area contributed by atoms with Crippen molar-refractivity contribution in [3.63, 3.8) is 0 Å². The summed E-state index contributed by atoms with van der Waals surface area (Å²) in [7, 11) is 0. The van der Waals surface area contributed by atoms with Gasteiger partial charge in [-0.15, -0.1) is 0 Å². The summed E-state index contributed by atoms with van der Waals surface area (Å²) in [5.41, 5.74) is 3.43. The molecule has 3 aromatic carbocycles. The molecule has 0 saturated carbocycles. The Balaban J connectivity index is 0.997. The summed E-state index contributed by atoms with van der Waals surface area (Å²) in [5.74, 6) is -0.532. The van der Waals surface area contributed by atoms with Gasteiger partial charge < -0.3 is 24.8 Å². The molecule has 13 heteroatoms. The number of benzene rings is 3. The van der Waals surface area contributed by atoms with Crippen molar-refractivity contribution >= 4 is 40.2 Å². The number of likely N-dealkylation sites (tertiary alicyclic amines) is 1. The fourth-order valence-electron chi connectivity index (χ4n) is 6.19. The molecule has 3 aliphatic heterocycles. The van der Waals surface area contributed by atoms with Crippen LogP contribution in [-0.2, 0) is 15.3 Å². The molecule has 3 aliphatic rings. The molecule has 46 heavy (non-hydrogen) atoms. The van der Waals surface area contributed by atoms with Crippen LogP contribution >= 0.6 is 22.9 Å². The fourth-order valence-corrected chi connectivity index (χ4v) is 6.95. The molecule has 1 aromatic heterocycles. The highest BCUT2D eigenvalue weighted by Crippen LogP contribution is 2.49. The van der Waals surface area contributed by atoms with E-state index < -0.39 is 11.6 Å². The van der Waals surface area contributed by atoms with Crippen LogP contribution in [0.4, 0.5) is 15.8 Å². The van der Waals surface area contributed by atoms with Crippen molar-refractivity contribution in [2.45, 2.75) is 44.0 Å². The van der Waals surface area contributed by atoms with Gasteiger partial charge in [-0.2, -0.15) is 5.10 Å². The predicted octanol–water partition coefficient (Wildman–Crippen LogP) is 5.95. The van der Waals surface area contributed by atoms with E-state index in [4.69, 9.17) is 25.8 Å². The number of para-hydroxylation sites is 1. The molecule has 7 rings (SSSR count). The number of H-pyrrole nitrogens is 1. The maximum Gasteiger partial charge on any atom is 0.322 e. The Morgan fingerprint density at radius 3 is 2.67 bits per heavy atom. The number of anilines is 2. The average Bonchev–Trinajstić information content (AvgIpc) is 3.60. The highest BCUT2D eigenvalue weighted by molar-refractivity contribution is 7.12. The second-order valence-electron chi connectivity index (χ2n) is 11.9. The first-order valence-corrected chi connectivity index (χ1v) is 16.5. The molecule has 240 valence electrons. The summed E-state index contributed by atoms with van der Waals surface area (Å²) < 4.78 is 32.8. The summed E-state index contributed by atoms with van der Waals surface area (Å²) in [5, 5.41) is 13.9. The minimum atomic E-state index is -1.31. The van der Waals surface area contributed by atoms with Gasteiger partial charge in [-0.1, -0.05) is 35.1 Å². The van der Waals surface area contributed by atoms with E-state index in [9.17, 15) is 14.0 Å². The molecule has 2 atom stereocenters. The zero-order chi connectivity index (χ0) is 31.8. The third-order valence-corrected chi connectivity index (χ3v) is 9.75. The highest BCUT2D eigenvalue weighted by Gasteiger charge is 2.43. The number of carbonyl (C=O) groups is 1. The van der Waals surface area contributed by atoms with Gasteiger partial charge >= 0.3 is 4.87 Å². The number of nitrogens with zero attached hydrogens (tertiary/aromatic N) is 2. The topological polar surface area (TPSA) is 118 Å². The Labute approximate surface area is 273 Å². The van der Waals surface area contributed by atoms with Crippen LogP contribution in [-0.4, -0.2) is 59.9 Å². The van der Waals surface area contributed by atoms with Gasteiger partial charge in [0.25, 0.3) is 5.79 Å². The SMILES string of the molecule is CC1(c2ccc(Cl)cc2F)Oc2cccc(C3CCN(CC(=O)Nc4cc(-c5n[nH]c(=O)s5)ccc4NCC4CCO4)CC3)c2O1. The molecular weight excluding hydrogens is 633 g/mol. The lowest BCUT2D eigenvalue weighted by molar-refractivity contribution is -0.117. The summed E-state index contributed by atoms with van der Waals surface area (Å²) in [6, 6.07) is 15.9. The molecule has 3 N–H and O–H groups in total. The van der Waals surface area contributed by atoms with Crippen LogP contribution in [0.25, 0.3) is 10.6 Å². The molecule has 2 unspecified atom stereocenters. The Hall–Kier alpha value is -3.97. The van der Waals surface area contributed by atoms with E-state index in [-0.39, 0.29) is 34.9 Å². The average molecular weight is 666 g/mol. The first-order chi connectivity index (χ1) is 22.2. The molecule has 0 radical (unpaired) electrons. The van der Waals surface area contributed by atoms with E-state index in [0.29, 0.717) is 33.8 Å². The minimum absolute atomic E-state index is 0.133. The normalized spacial score (nSPS) is 21.2. The van der Waals surface area contributed by atoms with Gasteiger partial charge in [0.05, 0.1) is 29.6 Å². The number of carbonyl (C=O) groups excluding carboxylic acids is 1. The molecule has 2 saturated heterocycles. The maximum absolute atomic E-state index is 14.8. The van der Waals surface area contributed by atoms with E-state index in [1.54, 1.807) is 19.1 Å². The number of ether oxygens (including phenoxy) is 3. The lowest BCUT2D eigenvalue weighted by Gasteiger charge is -2.32. The molecule has 0 aliphatic carbocycles. The Morgan fingerprint density at radius 1 is 1.13 bits per heavy atom. The van der Waals surface area contributed by atoms with Crippen LogP contribution in [0.5, 0.6) is 11.5 Å². The van der Waals surface area contributed by atoms with Crippen molar-refractivity contribution in [1.82, 2.24) is 15.1 Å². The third kappa shape index (κ3) is 6.35. The number of nitrogens with one attached hydrogen (secondary N) is 3. The number of halogens is 2. The number of aromatic nitrogens is 2.